The number of nitrogens with one attached hydrogen (secondary N) is 1. The summed E-state index contributed by atoms with van der Waals surface area (Å²) in [7, 11) is 1.70. The van der Waals surface area contributed by atoms with Crippen molar-refractivity contribution in [3.05, 3.63) is 29.8 Å². The molecule has 0 aliphatic carbocycles. The Labute approximate surface area is 128 Å². The molecule has 1 N–H and O–H groups in total. The van der Waals surface area contributed by atoms with E-state index in [9.17, 15) is 0 Å². The van der Waals surface area contributed by atoms with E-state index in [1.165, 1.54) is 5.56 Å². The van der Waals surface area contributed by atoms with Gasteiger partial charge in [0.2, 0.25) is 0 Å². The lowest BCUT2D eigenvalue weighted by molar-refractivity contribution is -0.0558. The van der Waals surface area contributed by atoms with Crippen molar-refractivity contribution < 1.29 is 9.47 Å². The third-order valence-corrected chi connectivity index (χ3v) is 4.13. The zero-order chi connectivity index (χ0) is 15.2. The molecule has 0 radical (unpaired) electrons. The first-order valence-corrected chi connectivity index (χ1v) is 7.88. The Morgan fingerprint density at radius 1 is 1.33 bits per heavy atom. The third-order valence-electron chi connectivity index (χ3n) is 4.13. The molecule has 1 aliphatic heterocycles. The molecule has 118 valence electrons. The van der Waals surface area contributed by atoms with Gasteiger partial charge in [0, 0.05) is 19.1 Å². The molecular weight excluding hydrogens is 264 g/mol. The molecule has 0 aromatic heterocycles. The fraction of sp³-hybridized carbons (Fsp3) is 0.647. The van der Waals surface area contributed by atoms with Gasteiger partial charge in [0.15, 0.2) is 0 Å². The van der Waals surface area contributed by atoms with Gasteiger partial charge in [-0.15, -0.1) is 0 Å². The average molecular weight is 292 g/mol. The van der Waals surface area contributed by atoms with Crippen LogP contribution in [0.1, 0.15) is 32.4 Å². The van der Waals surface area contributed by atoms with Crippen LogP contribution in [0.3, 0.4) is 0 Å². The lowest BCUT2D eigenvalue weighted by Gasteiger charge is -2.39. The number of methoxy groups -OCH3 is 1. The smallest absolute Gasteiger partial charge is 0.118 e. The van der Waals surface area contributed by atoms with Gasteiger partial charge < -0.3 is 14.8 Å². The fourth-order valence-electron chi connectivity index (χ4n) is 2.86. The van der Waals surface area contributed by atoms with Crippen LogP contribution < -0.4 is 10.1 Å². The lowest BCUT2D eigenvalue weighted by Crippen LogP contribution is -2.50. The van der Waals surface area contributed by atoms with E-state index in [2.05, 4.69) is 43.1 Å². The number of likely N-dealkylation sites (N-methyl/N-ethyl adjacent to an activating group) is 1. The van der Waals surface area contributed by atoms with Gasteiger partial charge in [-0.3, -0.25) is 4.90 Å². The van der Waals surface area contributed by atoms with Gasteiger partial charge in [0.1, 0.15) is 5.75 Å². The predicted molar refractivity (Wildman–Crippen MR) is 85.9 cm³/mol. The predicted octanol–water partition coefficient (Wildman–Crippen LogP) is 2.46. The van der Waals surface area contributed by atoms with Gasteiger partial charge in [-0.1, -0.05) is 19.1 Å². The standard InChI is InChI=1S/C17H28N2O2/c1-5-18-17(14-6-8-15(20-4)9-7-14)16-12-19(13(2)3)10-11-21-16/h6-9,13,16-18H,5,10-12H2,1-4H3. The first-order chi connectivity index (χ1) is 10.2. The van der Waals surface area contributed by atoms with Crippen molar-refractivity contribution in [2.75, 3.05) is 33.4 Å². The number of rotatable bonds is 6. The van der Waals surface area contributed by atoms with Crippen molar-refractivity contribution in [3.8, 4) is 5.75 Å². The van der Waals surface area contributed by atoms with Crippen LogP contribution in [0.5, 0.6) is 5.75 Å². The fourth-order valence-corrected chi connectivity index (χ4v) is 2.86. The molecule has 2 rings (SSSR count). The minimum Gasteiger partial charge on any atom is -0.497 e. The highest BCUT2D eigenvalue weighted by molar-refractivity contribution is 5.29. The Morgan fingerprint density at radius 3 is 2.62 bits per heavy atom. The summed E-state index contributed by atoms with van der Waals surface area (Å²) in [6.07, 6.45) is 0.189. The Kier molecular flexibility index (Phi) is 6.03. The molecule has 1 aliphatic rings. The highest BCUT2D eigenvalue weighted by Gasteiger charge is 2.29. The van der Waals surface area contributed by atoms with E-state index in [1.807, 2.05) is 12.1 Å². The monoisotopic (exact) mass is 292 g/mol. The molecular formula is C17H28N2O2. The summed E-state index contributed by atoms with van der Waals surface area (Å²) in [6.45, 7) is 10.4. The molecule has 0 amide bonds. The number of hydrogen-bond acceptors (Lipinski definition) is 4. The lowest BCUT2D eigenvalue weighted by atomic mass is 9.99. The van der Waals surface area contributed by atoms with Crippen molar-refractivity contribution in [1.82, 2.24) is 10.2 Å². The van der Waals surface area contributed by atoms with Crippen LogP contribution in [-0.2, 0) is 4.74 Å². The molecule has 1 aromatic rings. The summed E-state index contributed by atoms with van der Waals surface area (Å²) in [6, 6.07) is 9.08. The van der Waals surface area contributed by atoms with Gasteiger partial charge >= 0.3 is 0 Å². The summed E-state index contributed by atoms with van der Waals surface area (Å²) in [4.78, 5) is 2.49. The van der Waals surface area contributed by atoms with E-state index in [0.717, 1.165) is 32.0 Å². The molecule has 1 fully saturated rings. The highest BCUT2D eigenvalue weighted by atomic mass is 16.5. The molecule has 4 nitrogen and oxygen atoms in total. The van der Waals surface area contributed by atoms with Crippen molar-refractivity contribution >= 4 is 0 Å². The first kappa shape index (κ1) is 16.3. The van der Waals surface area contributed by atoms with Crippen LogP contribution in [0.25, 0.3) is 0 Å². The van der Waals surface area contributed by atoms with Crippen molar-refractivity contribution in [2.45, 2.75) is 39.0 Å². The largest absolute Gasteiger partial charge is 0.497 e. The summed E-state index contributed by atoms with van der Waals surface area (Å²) >= 11 is 0. The minimum atomic E-state index is 0.189. The van der Waals surface area contributed by atoms with Crippen molar-refractivity contribution in [2.24, 2.45) is 0 Å². The normalized spacial score (nSPS) is 21.5. The van der Waals surface area contributed by atoms with Crippen LogP contribution in [0.15, 0.2) is 24.3 Å². The third kappa shape index (κ3) is 4.19. The molecule has 4 heteroatoms. The SMILES string of the molecule is CCNC(c1ccc(OC)cc1)C1CN(C(C)C)CCO1. The molecule has 0 bridgehead atoms. The molecule has 1 heterocycles. The molecule has 0 saturated carbocycles. The quantitative estimate of drug-likeness (QED) is 0.873. The van der Waals surface area contributed by atoms with E-state index < -0.39 is 0 Å². The second-order valence-electron chi connectivity index (χ2n) is 5.81. The van der Waals surface area contributed by atoms with Gasteiger partial charge in [-0.05, 0) is 38.1 Å². The first-order valence-electron chi connectivity index (χ1n) is 7.88. The number of ether oxygens (including phenoxy) is 2. The maximum atomic E-state index is 6.05. The van der Waals surface area contributed by atoms with E-state index >= 15 is 0 Å². The van der Waals surface area contributed by atoms with Crippen LogP contribution in [0.4, 0.5) is 0 Å². The Hall–Kier alpha value is -1.10. The summed E-state index contributed by atoms with van der Waals surface area (Å²) in [5.74, 6) is 0.891. The minimum absolute atomic E-state index is 0.189. The van der Waals surface area contributed by atoms with E-state index in [4.69, 9.17) is 9.47 Å². The topological polar surface area (TPSA) is 33.7 Å². The number of nitrogens with zero attached hydrogens (tertiary/aromatic N) is 1. The Morgan fingerprint density at radius 2 is 2.05 bits per heavy atom. The Bertz CT molecular complexity index is 419. The zero-order valence-electron chi connectivity index (χ0n) is 13.6. The van der Waals surface area contributed by atoms with Crippen molar-refractivity contribution in [1.29, 1.82) is 0 Å². The summed E-state index contributed by atoms with van der Waals surface area (Å²) in [5, 5.41) is 3.57. The van der Waals surface area contributed by atoms with Crippen LogP contribution in [0, 0.1) is 0 Å². The van der Waals surface area contributed by atoms with E-state index in [1.54, 1.807) is 7.11 Å². The summed E-state index contributed by atoms with van der Waals surface area (Å²) in [5.41, 5.74) is 1.26. The molecule has 1 aromatic carbocycles. The van der Waals surface area contributed by atoms with Gasteiger partial charge in [-0.2, -0.15) is 0 Å². The number of benzene rings is 1. The van der Waals surface area contributed by atoms with Crippen LogP contribution in [-0.4, -0.2) is 50.4 Å². The average Bonchev–Trinajstić information content (AvgIpc) is 2.53. The molecule has 0 spiro atoms. The Balaban J connectivity index is 2.13. The van der Waals surface area contributed by atoms with Gasteiger partial charge in [0.05, 0.1) is 25.9 Å². The number of morpholine rings is 1. The number of hydrogen-bond donors (Lipinski definition) is 1. The highest BCUT2D eigenvalue weighted by Crippen LogP contribution is 2.25. The van der Waals surface area contributed by atoms with Gasteiger partial charge in [0.25, 0.3) is 0 Å². The van der Waals surface area contributed by atoms with Gasteiger partial charge in [-0.25, -0.2) is 0 Å². The summed E-state index contributed by atoms with van der Waals surface area (Å²) < 4.78 is 11.3. The van der Waals surface area contributed by atoms with E-state index in [0.29, 0.717) is 6.04 Å². The second kappa shape index (κ2) is 7.78. The van der Waals surface area contributed by atoms with Crippen LogP contribution in [0.2, 0.25) is 0 Å². The molecule has 2 atom stereocenters. The van der Waals surface area contributed by atoms with Crippen LogP contribution >= 0.6 is 0 Å². The van der Waals surface area contributed by atoms with E-state index in [-0.39, 0.29) is 12.1 Å². The second-order valence-corrected chi connectivity index (χ2v) is 5.81. The molecule has 1 saturated heterocycles. The molecule has 21 heavy (non-hydrogen) atoms. The maximum Gasteiger partial charge on any atom is 0.118 e. The zero-order valence-corrected chi connectivity index (χ0v) is 13.6. The molecule has 2 unspecified atom stereocenters. The maximum absolute atomic E-state index is 6.05. The van der Waals surface area contributed by atoms with Crippen molar-refractivity contribution in [3.63, 3.8) is 0 Å².